The number of carbonyl (C=O) groups excluding carboxylic acids is 2. The topological polar surface area (TPSA) is 83.6 Å². The van der Waals surface area contributed by atoms with Gasteiger partial charge in [-0.3, -0.25) is 13.9 Å². The summed E-state index contributed by atoms with van der Waals surface area (Å²) in [5.41, 5.74) is 2.45. The summed E-state index contributed by atoms with van der Waals surface area (Å²) in [6.07, 6.45) is -0.103. The first kappa shape index (κ1) is 19.1. The monoisotopic (exact) mass is 386 g/mol. The van der Waals surface area contributed by atoms with E-state index in [1.807, 2.05) is 18.2 Å². The summed E-state index contributed by atoms with van der Waals surface area (Å²) in [5.74, 6) is -1.25. The molecule has 0 atom stereocenters. The lowest BCUT2D eigenvalue weighted by Crippen LogP contribution is -2.31. The van der Waals surface area contributed by atoms with Gasteiger partial charge in [0.15, 0.2) is 0 Å². The lowest BCUT2D eigenvalue weighted by atomic mass is 9.87. The van der Waals surface area contributed by atoms with E-state index in [4.69, 9.17) is 0 Å². The zero-order chi connectivity index (χ0) is 20.0. The molecule has 1 aliphatic rings. The van der Waals surface area contributed by atoms with Gasteiger partial charge in [0.25, 0.3) is 15.9 Å². The van der Waals surface area contributed by atoms with E-state index in [1.54, 1.807) is 6.07 Å². The molecule has 7 heteroatoms. The van der Waals surface area contributed by atoms with Gasteiger partial charge in [0.1, 0.15) is 0 Å². The van der Waals surface area contributed by atoms with Crippen molar-refractivity contribution in [2.75, 3.05) is 16.7 Å². The fourth-order valence-corrected chi connectivity index (χ4v) is 4.15. The minimum Gasteiger partial charge on any atom is -0.319 e. The summed E-state index contributed by atoms with van der Waals surface area (Å²) in [6, 6.07) is 11.8. The molecule has 27 heavy (non-hydrogen) atoms. The van der Waals surface area contributed by atoms with Crippen molar-refractivity contribution in [2.24, 2.45) is 0 Å². The van der Waals surface area contributed by atoms with Crippen molar-refractivity contribution in [2.45, 2.75) is 37.5 Å². The zero-order valence-corrected chi connectivity index (χ0v) is 16.6. The predicted octanol–water partition coefficient (Wildman–Crippen LogP) is 2.87. The Morgan fingerprint density at radius 2 is 1.74 bits per heavy atom. The first-order chi connectivity index (χ1) is 12.5. The Hall–Kier alpha value is -2.67. The van der Waals surface area contributed by atoms with Crippen LogP contribution in [-0.2, 0) is 31.4 Å². The quantitative estimate of drug-likeness (QED) is 0.822. The number of anilines is 2. The van der Waals surface area contributed by atoms with Crippen LogP contribution in [0.4, 0.5) is 11.4 Å². The third kappa shape index (κ3) is 3.60. The Balaban J connectivity index is 1.99. The number of carbonyl (C=O) groups is 2. The van der Waals surface area contributed by atoms with Crippen LogP contribution >= 0.6 is 0 Å². The highest BCUT2D eigenvalue weighted by atomic mass is 32.2. The van der Waals surface area contributed by atoms with Crippen molar-refractivity contribution in [1.29, 1.82) is 0 Å². The first-order valence-corrected chi connectivity index (χ1v) is 10.0. The van der Waals surface area contributed by atoms with E-state index in [1.165, 1.54) is 29.6 Å². The smallest absolute Gasteiger partial charge is 0.292 e. The number of hydrogen-bond donors (Lipinski definition) is 1. The molecule has 142 valence electrons. The van der Waals surface area contributed by atoms with E-state index in [9.17, 15) is 18.0 Å². The molecule has 0 saturated heterocycles. The van der Waals surface area contributed by atoms with Gasteiger partial charge >= 0.3 is 0 Å². The van der Waals surface area contributed by atoms with Crippen LogP contribution in [0.25, 0.3) is 0 Å². The summed E-state index contributed by atoms with van der Waals surface area (Å²) in [6.45, 7) is 6.19. The van der Waals surface area contributed by atoms with Gasteiger partial charge in [-0.05, 0) is 46.9 Å². The molecule has 0 unspecified atom stereocenters. The number of Topliss-reactive ketones (excluding diaryl/α,β-unsaturated/α-hetero) is 1. The lowest BCUT2D eigenvalue weighted by Gasteiger charge is -2.24. The van der Waals surface area contributed by atoms with Gasteiger partial charge in [0.2, 0.25) is 5.78 Å². The first-order valence-electron chi connectivity index (χ1n) is 8.57. The number of hydrogen-bond acceptors (Lipinski definition) is 4. The zero-order valence-electron chi connectivity index (χ0n) is 15.7. The van der Waals surface area contributed by atoms with E-state index in [0.717, 1.165) is 5.56 Å². The second-order valence-corrected chi connectivity index (χ2v) is 9.62. The highest BCUT2D eigenvalue weighted by molar-refractivity contribution is 7.92. The third-order valence-electron chi connectivity index (χ3n) is 4.66. The lowest BCUT2D eigenvalue weighted by molar-refractivity contribution is -0.134. The molecule has 3 rings (SSSR count). The van der Waals surface area contributed by atoms with E-state index in [2.05, 4.69) is 26.1 Å². The normalized spacial score (nSPS) is 14.5. The van der Waals surface area contributed by atoms with Crippen LogP contribution in [0, 0.1) is 0 Å². The molecule has 2 aromatic rings. The van der Waals surface area contributed by atoms with Crippen LogP contribution in [0.2, 0.25) is 0 Å². The van der Waals surface area contributed by atoms with Crippen LogP contribution in [0.1, 0.15) is 31.9 Å². The summed E-state index contributed by atoms with van der Waals surface area (Å²) in [7, 11) is -2.31. The van der Waals surface area contributed by atoms with Crippen molar-refractivity contribution < 1.29 is 18.0 Å². The highest BCUT2D eigenvalue weighted by Gasteiger charge is 2.27. The molecule has 6 nitrogen and oxygen atoms in total. The third-order valence-corrected chi connectivity index (χ3v) is 6.44. The summed E-state index contributed by atoms with van der Waals surface area (Å²) >= 11 is 0. The number of benzene rings is 2. The Bertz CT molecular complexity index is 1040. The van der Waals surface area contributed by atoms with Crippen LogP contribution in [0.3, 0.4) is 0 Å². The van der Waals surface area contributed by atoms with Crippen molar-refractivity contribution in [3.05, 3.63) is 53.6 Å². The Morgan fingerprint density at radius 1 is 1.04 bits per heavy atom. The number of ketones is 1. The van der Waals surface area contributed by atoms with Crippen LogP contribution in [-0.4, -0.2) is 27.2 Å². The fraction of sp³-hybridized carbons (Fsp3) is 0.300. The maximum Gasteiger partial charge on any atom is 0.292 e. The minimum atomic E-state index is -3.81. The van der Waals surface area contributed by atoms with Gasteiger partial charge in [-0.25, -0.2) is 8.42 Å². The van der Waals surface area contributed by atoms with Gasteiger partial charge in [-0.1, -0.05) is 32.9 Å². The van der Waals surface area contributed by atoms with Crippen LogP contribution < -0.4 is 9.62 Å². The predicted molar refractivity (Wildman–Crippen MR) is 105 cm³/mol. The van der Waals surface area contributed by atoms with Gasteiger partial charge in [0.05, 0.1) is 10.6 Å². The van der Waals surface area contributed by atoms with Crippen LogP contribution in [0.5, 0.6) is 0 Å². The van der Waals surface area contributed by atoms with E-state index >= 15 is 0 Å². The van der Waals surface area contributed by atoms with Crippen molar-refractivity contribution in [1.82, 2.24) is 0 Å². The van der Waals surface area contributed by atoms with Crippen molar-refractivity contribution in [3.63, 3.8) is 0 Å². The number of fused-ring (bicyclic) bond motifs is 1. The molecule has 1 amide bonds. The second-order valence-electron chi connectivity index (χ2n) is 7.65. The average molecular weight is 386 g/mol. The number of amides is 1. The van der Waals surface area contributed by atoms with E-state index < -0.39 is 21.7 Å². The molecule has 0 aliphatic carbocycles. The van der Waals surface area contributed by atoms with Gasteiger partial charge < -0.3 is 5.32 Å². The number of nitrogens with zero attached hydrogens (tertiary/aromatic N) is 1. The maximum absolute atomic E-state index is 13.1. The molecule has 0 aromatic heterocycles. The Labute approximate surface area is 159 Å². The minimum absolute atomic E-state index is 0.0776. The van der Waals surface area contributed by atoms with Gasteiger partial charge in [0, 0.05) is 19.2 Å². The maximum atomic E-state index is 13.1. The molecule has 2 aromatic carbocycles. The largest absolute Gasteiger partial charge is 0.319 e. The second kappa shape index (κ2) is 6.49. The molecular weight excluding hydrogens is 364 g/mol. The molecule has 0 spiro atoms. The molecule has 0 fully saturated rings. The number of nitrogens with one attached hydrogen (secondary N) is 1. The molecule has 1 heterocycles. The average Bonchev–Trinajstić information content (AvgIpc) is 2.61. The van der Waals surface area contributed by atoms with Crippen molar-refractivity contribution >= 4 is 33.1 Å². The highest BCUT2D eigenvalue weighted by Crippen LogP contribution is 2.30. The van der Waals surface area contributed by atoms with Crippen LogP contribution in [0.15, 0.2) is 47.4 Å². The number of sulfonamides is 1. The standard InChI is InChI=1S/C20H22N2O4S/c1-20(2,3)14-6-5-7-15(12-14)22(4)27(25,26)16-8-9-17-13(10-16)11-18(23)19(24)21-17/h5-10,12H,11H2,1-4H3,(H,21,24). The Kier molecular flexibility index (Phi) is 4.59. The molecule has 1 aliphatic heterocycles. The van der Waals surface area contributed by atoms with E-state index in [0.29, 0.717) is 16.9 Å². The SMILES string of the molecule is CN(c1cccc(C(C)(C)C)c1)S(=O)(=O)c1ccc2c(c1)CC(=O)C(=O)N2. The summed E-state index contributed by atoms with van der Waals surface area (Å²) in [5, 5.41) is 2.48. The molecular formula is C20H22N2O4S. The van der Waals surface area contributed by atoms with Gasteiger partial charge in [-0.2, -0.15) is 0 Å². The Morgan fingerprint density at radius 3 is 2.41 bits per heavy atom. The van der Waals surface area contributed by atoms with E-state index in [-0.39, 0.29) is 16.7 Å². The molecule has 0 radical (unpaired) electrons. The summed E-state index contributed by atoms with van der Waals surface area (Å²) in [4.78, 5) is 23.2. The molecule has 0 saturated carbocycles. The fourth-order valence-electron chi connectivity index (χ4n) is 2.91. The molecule has 1 N–H and O–H groups in total. The number of rotatable bonds is 3. The molecule has 0 bridgehead atoms. The summed E-state index contributed by atoms with van der Waals surface area (Å²) < 4.78 is 27.4. The van der Waals surface area contributed by atoms with Gasteiger partial charge in [-0.15, -0.1) is 0 Å². The van der Waals surface area contributed by atoms with Crippen molar-refractivity contribution in [3.8, 4) is 0 Å².